The maximum absolute atomic E-state index is 12.3. The van der Waals surface area contributed by atoms with Crippen LogP contribution >= 0.6 is 0 Å². The van der Waals surface area contributed by atoms with Crippen LogP contribution in [-0.4, -0.2) is 42.9 Å². The molecule has 146 valence electrons. The van der Waals surface area contributed by atoms with Crippen molar-refractivity contribution in [1.29, 1.82) is 0 Å². The molecule has 1 N–H and O–H groups in total. The van der Waals surface area contributed by atoms with Gasteiger partial charge in [0.2, 0.25) is 5.91 Å². The Balaban J connectivity index is 1.33. The number of hydrogen-bond acceptors (Lipinski definition) is 4. The molecule has 2 aromatic rings. The van der Waals surface area contributed by atoms with Crippen molar-refractivity contribution in [2.75, 3.05) is 20.2 Å². The third-order valence-electron chi connectivity index (χ3n) is 5.61. The van der Waals surface area contributed by atoms with Crippen molar-refractivity contribution >= 4 is 11.6 Å². The van der Waals surface area contributed by atoms with Crippen LogP contribution in [0.25, 0.3) is 0 Å². The van der Waals surface area contributed by atoms with E-state index in [2.05, 4.69) is 34.7 Å². The van der Waals surface area contributed by atoms with E-state index in [1.54, 1.807) is 12.1 Å². The third kappa shape index (κ3) is 4.25. The number of hydrogen-bond donors (Lipinski definition) is 1. The normalized spacial score (nSPS) is 19.2. The molecule has 1 aliphatic heterocycles. The number of carbonyl (C=O) groups excluding carboxylic acids is 1. The van der Waals surface area contributed by atoms with Gasteiger partial charge in [-0.25, -0.2) is 5.01 Å². The number of hydrazone groups is 1. The predicted octanol–water partition coefficient (Wildman–Crippen LogP) is 3.17. The zero-order chi connectivity index (χ0) is 19.3. The molecule has 28 heavy (non-hydrogen) atoms. The Kier molecular flexibility index (Phi) is 5.72. The van der Waals surface area contributed by atoms with E-state index in [-0.39, 0.29) is 5.91 Å². The summed E-state index contributed by atoms with van der Waals surface area (Å²) >= 11 is 0. The molecule has 1 atom stereocenters. The highest BCUT2D eigenvalue weighted by atomic mass is 16.5. The van der Waals surface area contributed by atoms with Gasteiger partial charge in [-0.1, -0.05) is 36.4 Å². The molecule has 0 fully saturated rings. The molecule has 0 unspecified atom stereocenters. The Bertz CT molecular complexity index is 863. The quantitative estimate of drug-likeness (QED) is 0.841. The topological polar surface area (TPSA) is 53.9 Å². The monoisotopic (exact) mass is 377 g/mol. The van der Waals surface area contributed by atoms with E-state index >= 15 is 0 Å². The van der Waals surface area contributed by atoms with Gasteiger partial charge in [0.05, 0.1) is 19.4 Å². The van der Waals surface area contributed by atoms with Gasteiger partial charge in [0.1, 0.15) is 5.75 Å². The molecule has 1 amide bonds. The molecule has 5 nitrogen and oxygen atoms in total. The zero-order valence-electron chi connectivity index (χ0n) is 16.4. The fourth-order valence-electron chi connectivity index (χ4n) is 4.02. The average molecular weight is 377 g/mol. The third-order valence-corrected chi connectivity index (χ3v) is 5.61. The predicted molar refractivity (Wildman–Crippen MR) is 111 cm³/mol. The summed E-state index contributed by atoms with van der Waals surface area (Å²) in [5.74, 6) is 1.03. The van der Waals surface area contributed by atoms with Crippen molar-refractivity contribution in [2.45, 2.75) is 38.1 Å². The van der Waals surface area contributed by atoms with Gasteiger partial charge >= 0.3 is 0 Å². The fourth-order valence-corrected chi connectivity index (χ4v) is 4.02. The second-order valence-corrected chi connectivity index (χ2v) is 7.46. The van der Waals surface area contributed by atoms with Gasteiger partial charge < -0.3 is 10.1 Å². The van der Waals surface area contributed by atoms with E-state index in [0.717, 1.165) is 42.8 Å². The maximum atomic E-state index is 12.3. The Labute approximate surface area is 166 Å². The summed E-state index contributed by atoms with van der Waals surface area (Å²) in [5.41, 5.74) is 4.88. The second-order valence-electron chi connectivity index (χ2n) is 7.46. The van der Waals surface area contributed by atoms with Gasteiger partial charge in [-0.15, -0.1) is 0 Å². The van der Waals surface area contributed by atoms with Crippen LogP contribution < -0.4 is 10.1 Å². The first kappa shape index (κ1) is 18.7. The summed E-state index contributed by atoms with van der Waals surface area (Å²) < 4.78 is 5.36. The minimum Gasteiger partial charge on any atom is -0.497 e. The maximum Gasteiger partial charge on any atom is 0.243 e. The molecule has 2 aromatic carbocycles. The van der Waals surface area contributed by atoms with Crippen LogP contribution in [-0.2, 0) is 17.6 Å². The highest BCUT2D eigenvalue weighted by Crippen LogP contribution is 2.25. The zero-order valence-corrected chi connectivity index (χ0v) is 16.4. The number of rotatable bonds is 6. The lowest BCUT2D eigenvalue weighted by molar-refractivity contribution is -0.131. The minimum absolute atomic E-state index is 0.111. The van der Waals surface area contributed by atoms with Crippen molar-refractivity contribution in [1.82, 2.24) is 10.3 Å². The lowest BCUT2D eigenvalue weighted by atomic mass is 9.88. The number of benzene rings is 2. The van der Waals surface area contributed by atoms with Gasteiger partial charge in [0.25, 0.3) is 0 Å². The number of carbonyl (C=O) groups is 1. The van der Waals surface area contributed by atoms with Crippen LogP contribution in [0.15, 0.2) is 53.6 Å². The number of aryl methyl sites for hydroxylation is 1. The van der Waals surface area contributed by atoms with Gasteiger partial charge in [0.15, 0.2) is 0 Å². The fraction of sp³-hybridized carbons (Fsp3) is 0.391. The SMILES string of the molecule is COc1ccc2c(c1)C[C@@H](NCCN1N=C(c3ccccc3)CCC1=O)CC2. The van der Waals surface area contributed by atoms with E-state index in [4.69, 9.17) is 4.74 Å². The largest absolute Gasteiger partial charge is 0.497 e. The first-order valence-electron chi connectivity index (χ1n) is 10.1. The van der Waals surface area contributed by atoms with Crippen molar-refractivity contribution < 1.29 is 9.53 Å². The van der Waals surface area contributed by atoms with Crippen LogP contribution in [0.5, 0.6) is 5.75 Å². The number of ether oxygens (including phenoxy) is 1. The van der Waals surface area contributed by atoms with E-state index in [1.165, 1.54) is 11.1 Å². The minimum atomic E-state index is 0.111. The first-order valence-corrected chi connectivity index (χ1v) is 10.1. The van der Waals surface area contributed by atoms with Gasteiger partial charge in [-0.2, -0.15) is 5.10 Å². The molecule has 0 saturated carbocycles. The van der Waals surface area contributed by atoms with Crippen LogP contribution in [0.1, 0.15) is 36.0 Å². The Morgan fingerprint density at radius 3 is 2.79 bits per heavy atom. The first-order chi connectivity index (χ1) is 13.7. The highest BCUT2D eigenvalue weighted by Gasteiger charge is 2.22. The average Bonchev–Trinajstić information content (AvgIpc) is 2.75. The highest BCUT2D eigenvalue weighted by molar-refractivity contribution is 6.04. The van der Waals surface area contributed by atoms with E-state index in [9.17, 15) is 4.79 Å². The van der Waals surface area contributed by atoms with Crippen molar-refractivity contribution in [2.24, 2.45) is 5.10 Å². The number of methoxy groups -OCH3 is 1. The second kappa shape index (κ2) is 8.57. The van der Waals surface area contributed by atoms with Crippen LogP contribution in [0, 0.1) is 0 Å². The lowest BCUT2D eigenvalue weighted by Crippen LogP contribution is -2.41. The van der Waals surface area contributed by atoms with E-state index in [1.807, 2.05) is 24.3 Å². The van der Waals surface area contributed by atoms with Gasteiger partial charge in [-0.05, 0) is 48.1 Å². The smallest absolute Gasteiger partial charge is 0.243 e. The van der Waals surface area contributed by atoms with Crippen LogP contribution in [0.4, 0.5) is 0 Å². The van der Waals surface area contributed by atoms with Crippen molar-refractivity contribution in [3.63, 3.8) is 0 Å². The number of nitrogens with zero attached hydrogens (tertiary/aromatic N) is 2. The van der Waals surface area contributed by atoms with E-state index in [0.29, 0.717) is 25.4 Å². The molecular weight excluding hydrogens is 350 g/mol. The molecule has 0 saturated heterocycles. The van der Waals surface area contributed by atoms with Crippen LogP contribution in [0.2, 0.25) is 0 Å². The summed E-state index contributed by atoms with van der Waals surface area (Å²) in [7, 11) is 1.71. The molecule has 0 radical (unpaired) electrons. The summed E-state index contributed by atoms with van der Waals surface area (Å²) in [5, 5.41) is 9.87. The number of fused-ring (bicyclic) bond motifs is 1. The molecule has 2 aliphatic rings. The summed E-state index contributed by atoms with van der Waals surface area (Å²) in [6.07, 6.45) is 4.44. The summed E-state index contributed by atoms with van der Waals surface area (Å²) in [6, 6.07) is 16.9. The van der Waals surface area contributed by atoms with Gasteiger partial charge in [0, 0.05) is 25.4 Å². The van der Waals surface area contributed by atoms with Crippen LogP contribution in [0.3, 0.4) is 0 Å². The Hall–Kier alpha value is -2.66. The molecule has 1 heterocycles. The summed E-state index contributed by atoms with van der Waals surface area (Å²) in [4.78, 5) is 12.3. The lowest BCUT2D eigenvalue weighted by Gasteiger charge is -2.28. The molecule has 0 bridgehead atoms. The van der Waals surface area contributed by atoms with Crippen molar-refractivity contribution in [3.8, 4) is 5.75 Å². The van der Waals surface area contributed by atoms with E-state index < -0.39 is 0 Å². The van der Waals surface area contributed by atoms with Gasteiger partial charge in [-0.3, -0.25) is 4.79 Å². The molecule has 4 rings (SSSR count). The molecule has 5 heteroatoms. The number of nitrogens with one attached hydrogen (secondary N) is 1. The molecule has 0 aromatic heterocycles. The number of amides is 1. The summed E-state index contributed by atoms with van der Waals surface area (Å²) in [6.45, 7) is 1.36. The standard InChI is InChI=1S/C23H27N3O2/c1-28-21-10-8-17-7-9-20(15-19(17)16-21)24-13-14-26-23(27)12-11-22(25-26)18-5-3-2-4-6-18/h2-6,8,10,16,20,24H,7,9,11-15H2,1H3/t20-/m0/s1. The Morgan fingerprint density at radius 2 is 1.96 bits per heavy atom. The Morgan fingerprint density at radius 1 is 1.11 bits per heavy atom. The molecular formula is C23H27N3O2. The molecule has 0 spiro atoms. The molecule has 1 aliphatic carbocycles. The van der Waals surface area contributed by atoms with Crippen molar-refractivity contribution in [3.05, 3.63) is 65.2 Å².